The van der Waals surface area contributed by atoms with Crippen molar-refractivity contribution < 1.29 is 32.3 Å². The Kier molecular flexibility index (Phi) is 8.31. The Hall–Kier alpha value is -3.84. The van der Waals surface area contributed by atoms with Crippen LogP contribution >= 0.6 is 0 Å². The van der Waals surface area contributed by atoms with Crippen LogP contribution in [0, 0.1) is 5.82 Å². The molecule has 1 saturated heterocycles. The summed E-state index contributed by atoms with van der Waals surface area (Å²) in [7, 11) is 2.11. The van der Waals surface area contributed by atoms with Crippen LogP contribution in [0.1, 0.15) is 34.0 Å². The maximum absolute atomic E-state index is 13.6. The monoisotopic (exact) mass is 548 g/mol. The van der Waals surface area contributed by atoms with Gasteiger partial charge in [-0.05, 0) is 36.7 Å². The first-order valence-corrected chi connectivity index (χ1v) is 12.2. The number of hydrogen-bond donors (Lipinski definition) is 2. The van der Waals surface area contributed by atoms with Crippen molar-refractivity contribution in [3.05, 3.63) is 83.2 Å². The molecule has 2 aromatic carbocycles. The van der Waals surface area contributed by atoms with Crippen molar-refractivity contribution in [2.75, 3.05) is 20.1 Å². The minimum absolute atomic E-state index is 0.100. The van der Waals surface area contributed by atoms with Crippen molar-refractivity contribution in [3.8, 4) is 0 Å². The number of nitrogens with zero attached hydrogens (tertiary/aromatic N) is 5. The van der Waals surface area contributed by atoms with Gasteiger partial charge < -0.3 is 15.0 Å². The first kappa shape index (κ1) is 28.2. The van der Waals surface area contributed by atoms with E-state index in [0.29, 0.717) is 32.0 Å². The Balaban J connectivity index is 0.000000448. The lowest BCUT2D eigenvalue weighted by atomic mass is 9.94. The van der Waals surface area contributed by atoms with Gasteiger partial charge in [-0.25, -0.2) is 9.18 Å². The number of nitrogens with one attached hydrogen (secondary N) is 1. The van der Waals surface area contributed by atoms with E-state index in [1.54, 1.807) is 12.1 Å². The molecule has 1 amide bonds. The van der Waals surface area contributed by atoms with Gasteiger partial charge in [-0.3, -0.25) is 14.6 Å². The van der Waals surface area contributed by atoms with Crippen molar-refractivity contribution in [1.82, 2.24) is 29.9 Å². The number of carboxylic acid groups (broad SMARTS) is 1. The number of aromatic nitrogens is 3. The number of benzene rings is 2. The van der Waals surface area contributed by atoms with Gasteiger partial charge in [0.25, 0.3) is 5.91 Å². The Morgan fingerprint density at radius 3 is 2.41 bits per heavy atom. The van der Waals surface area contributed by atoms with Gasteiger partial charge in [0.1, 0.15) is 11.6 Å². The number of carbonyl (C=O) groups is 2. The number of carboxylic acids is 1. The fourth-order valence-corrected chi connectivity index (χ4v) is 4.85. The van der Waals surface area contributed by atoms with Gasteiger partial charge in [0.2, 0.25) is 5.82 Å². The molecule has 1 fully saturated rings. The Bertz CT molecular complexity index is 1320. The summed E-state index contributed by atoms with van der Waals surface area (Å²) in [5.41, 5.74) is 1.92. The highest BCUT2D eigenvalue weighted by atomic mass is 19.4. The largest absolute Gasteiger partial charge is 0.490 e. The van der Waals surface area contributed by atoms with E-state index in [1.165, 1.54) is 6.07 Å². The second-order valence-corrected chi connectivity index (χ2v) is 9.67. The molecule has 0 saturated carbocycles. The number of likely N-dealkylation sites (N-methyl/N-ethyl adjacent to an activating group) is 1. The average molecular weight is 549 g/mol. The van der Waals surface area contributed by atoms with Crippen molar-refractivity contribution in [1.29, 1.82) is 0 Å². The zero-order chi connectivity index (χ0) is 28.2. The maximum Gasteiger partial charge on any atom is 0.490 e. The molecular formula is C26H28F4N6O3. The Morgan fingerprint density at radius 1 is 1.05 bits per heavy atom. The minimum atomic E-state index is -5.08. The lowest BCUT2D eigenvalue weighted by molar-refractivity contribution is -0.192. The molecule has 3 heterocycles. The molecular weight excluding hydrogens is 520 g/mol. The summed E-state index contributed by atoms with van der Waals surface area (Å²) in [5, 5.41) is 18.6. The van der Waals surface area contributed by atoms with Crippen LogP contribution < -0.4 is 5.32 Å². The third-order valence-corrected chi connectivity index (χ3v) is 6.92. The zero-order valence-electron chi connectivity index (χ0n) is 21.2. The molecule has 1 spiro atoms. The van der Waals surface area contributed by atoms with Gasteiger partial charge in [0.15, 0.2) is 0 Å². The summed E-state index contributed by atoms with van der Waals surface area (Å²) in [4.78, 5) is 26.5. The summed E-state index contributed by atoms with van der Waals surface area (Å²) in [6.45, 7) is 4.25. The van der Waals surface area contributed by atoms with Crippen molar-refractivity contribution in [3.63, 3.8) is 0 Å². The predicted octanol–water partition coefficient (Wildman–Crippen LogP) is 3.07. The van der Waals surface area contributed by atoms with Gasteiger partial charge in [0, 0.05) is 32.7 Å². The van der Waals surface area contributed by atoms with E-state index in [-0.39, 0.29) is 17.3 Å². The second kappa shape index (κ2) is 11.5. The van der Waals surface area contributed by atoms with E-state index in [9.17, 15) is 22.4 Å². The summed E-state index contributed by atoms with van der Waals surface area (Å²) in [5.74, 6) is -1.99. The van der Waals surface area contributed by atoms with Crippen LogP contribution in [0.3, 0.4) is 0 Å². The van der Waals surface area contributed by atoms with Crippen LogP contribution in [0.2, 0.25) is 0 Å². The molecule has 3 aromatic rings. The molecule has 0 radical (unpaired) electrons. The molecule has 1 atom stereocenters. The highest BCUT2D eigenvalue weighted by Gasteiger charge is 2.46. The Labute approximate surface area is 222 Å². The standard InChI is InChI=1S/C24H27FN6O.C2HF3O2/c1-29-15-21-27-28-22(23(32)26-13-18-6-3-2-4-7-18)31(21)17-24(29)10-11-30(16-24)14-19-8-5-9-20(25)12-19;3-2(4,5)1(6)7/h2-9,12H,10-11,13-17H2,1H3,(H,26,32);(H,6,7). The molecule has 2 N–H and O–H groups in total. The smallest absolute Gasteiger partial charge is 0.475 e. The van der Waals surface area contributed by atoms with Crippen molar-refractivity contribution >= 4 is 11.9 Å². The van der Waals surface area contributed by atoms with Crippen molar-refractivity contribution in [2.45, 2.75) is 44.3 Å². The first-order chi connectivity index (χ1) is 18.5. The van der Waals surface area contributed by atoms with Gasteiger partial charge in [-0.2, -0.15) is 13.2 Å². The number of alkyl halides is 3. The molecule has 0 aliphatic carbocycles. The third kappa shape index (κ3) is 6.79. The highest BCUT2D eigenvalue weighted by Crippen LogP contribution is 2.34. The number of halogens is 4. The first-order valence-electron chi connectivity index (χ1n) is 12.2. The van der Waals surface area contributed by atoms with E-state index < -0.39 is 12.1 Å². The highest BCUT2D eigenvalue weighted by molar-refractivity contribution is 5.90. The van der Waals surface area contributed by atoms with E-state index >= 15 is 0 Å². The molecule has 1 aromatic heterocycles. The molecule has 2 aliphatic rings. The molecule has 9 nitrogen and oxygen atoms in total. The predicted molar refractivity (Wildman–Crippen MR) is 132 cm³/mol. The molecule has 5 rings (SSSR count). The van der Waals surface area contributed by atoms with Gasteiger partial charge in [-0.15, -0.1) is 10.2 Å². The van der Waals surface area contributed by atoms with E-state index in [1.807, 2.05) is 41.0 Å². The van der Waals surface area contributed by atoms with Crippen LogP contribution in [0.5, 0.6) is 0 Å². The number of amides is 1. The summed E-state index contributed by atoms with van der Waals surface area (Å²) in [6, 6.07) is 16.6. The molecule has 1 unspecified atom stereocenters. The quantitative estimate of drug-likeness (QED) is 0.473. The SMILES string of the molecule is CN1Cc2nnc(C(=O)NCc3ccccc3)n2CC12CCN(Cc1cccc(F)c1)C2.O=C(O)C(F)(F)F. The molecule has 0 bridgehead atoms. The lowest BCUT2D eigenvalue weighted by Crippen LogP contribution is -2.55. The van der Waals surface area contributed by atoms with E-state index in [4.69, 9.17) is 9.90 Å². The summed E-state index contributed by atoms with van der Waals surface area (Å²) in [6.07, 6.45) is -4.11. The zero-order valence-corrected chi connectivity index (χ0v) is 21.2. The van der Waals surface area contributed by atoms with E-state index in [0.717, 1.165) is 36.5 Å². The summed E-state index contributed by atoms with van der Waals surface area (Å²) < 4.78 is 47.3. The fraction of sp³-hybridized carbons (Fsp3) is 0.385. The number of hydrogen-bond acceptors (Lipinski definition) is 6. The second-order valence-electron chi connectivity index (χ2n) is 9.67. The van der Waals surface area contributed by atoms with Crippen LogP contribution in [0.25, 0.3) is 0 Å². The van der Waals surface area contributed by atoms with Gasteiger partial charge in [0.05, 0.1) is 12.1 Å². The minimum Gasteiger partial charge on any atom is -0.475 e. The molecule has 2 aliphatic heterocycles. The van der Waals surface area contributed by atoms with Crippen molar-refractivity contribution in [2.24, 2.45) is 0 Å². The lowest BCUT2D eigenvalue weighted by Gasteiger charge is -2.42. The maximum atomic E-state index is 13.6. The number of rotatable bonds is 5. The number of carbonyl (C=O) groups excluding carboxylic acids is 1. The van der Waals surface area contributed by atoms with Gasteiger partial charge >= 0.3 is 12.1 Å². The number of likely N-dealkylation sites (tertiary alicyclic amines) is 1. The molecule has 208 valence electrons. The average Bonchev–Trinajstić information content (AvgIpc) is 3.48. The van der Waals surface area contributed by atoms with Crippen LogP contribution in [0.15, 0.2) is 54.6 Å². The van der Waals surface area contributed by atoms with Crippen LogP contribution in [-0.4, -0.2) is 73.4 Å². The third-order valence-electron chi connectivity index (χ3n) is 6.92. The fourth-order valence-electron chi connectivity index (χ4n) is 4.85. The molecule has 39 heavy (non-hydrogen) atoms. The molecule has 13 heteroatoms. The van der Waals surface area contributed by atoms with Gasteiger partial charge in [-0.1, -0.05) is 42.5 Å². The normalized spacial score (nSPS) is 19.3. The number of fused-ring (bicyclic) bond motifs is 1. The topological polar surface area (TPSA) is 104 Å². The number of aliphatic carboxylic acids is 1. The van der Waals surface area contributed by atoms with E-state index in [2.05, 4.69) is 32.4 Å². The summed E-state index contributed by atoms with van der Waals surface area (Å²) >= 11 is 0. The Morgan fingerprint density at radius 2 is 1.74 bits per heavy atom. The van der Waals surface area contributed by atoms with Crippen LogP contribution in [-0.2, 0) is 31.0 Å². The van der Waals surface area contributed by atoms with Crippen LogP contribution in [0.4, 0.5) is 17.6 Å².